The number of nitrogens with zero attached hydrogens (tertiary/aromatic N) is 1. The lowest BCUT2D eigenvalue weighted by atomic mass is 10.0. The molecule has 0 unspecified atom stereocenters. The second-order valence-electron chi connectivity index (χ2n) is 9.27. The van der Waals surface area contributed by atoms with Crippen LogP contribution < -0.4 is 15.4 Å². The Kier molecular flexibility index (Phi) is 6.76. The lowest BCUT2D eigenvalue weighted by molar-refractivity contribution is -0.118. The molecule has 0 bridgehead atoms. The number of amides is 2. The summed E-state index contributed by atoms with van der Waals surface area (Å²) in [6.45, 7) is 3.57. The lowest BCUT2D eigenvalue weighted by Gasteiger charge is -2.16. The highest BCUT2D eigenvalue weighted by Gasteiger charge is 2.40. The van der Waals surface area contributed by atoms with Gasteiger partial charge in [-0.2, -0.15) is 5.10 Å². The average molecular weight is 471 g/mol. The number of aromatic hydroxyl groups is 1. The molecule has 0 spiro atoms. The minimum Gasteiger partial charge on any atom is -0.507 e. The lowest BCUT2D eigenvalue weighted by Crippen LogP contribution is -2.36. The van der Waals surface area contributed by atoms with E-state index in [2.05, 4.69) is 20.8 Å². The number of alkyl carbamates (subject to hydrolysis) is 1. The van der Waals surface area contributed by atoms with Gasteiger partial charge >= 0.3 is 6.09 Å². The Balaban J connectivity index is 1.27. The standard InChI is InChI=1S/C24H30N4O6/c1-3-14-8-19(30)17(12-29)20(9-14)33-13-22(31)25-21-11-18(27-28-21)15-4-5-16(10-15)34-23(32)26-24(2)6-7-24/h8-9,11-12,15-16,30H,3-7,10,13H2,1-2H3,(H,26,32)(H2,25,27,28,31)/t15-,16+/m0/s1. The van der Waals surface area contributed by atoms with Gasteiger partial charge in [0.25, 0.3) is 5.91 Å². The molecule has 4 N–H and O–H groups in total. The number of hydrogen-bond donors (Lipinski definition) is 4. The molecule has 0 aliphatic heterocycles. The Bertz CT molecular complexity index is 1080. The van der Waals surface area contributed by atoms with Crippen LogP contribution in [0.4, 0.5) is 10.6 Å². The van der Waals surface area contributed by atoms with E-state index in [-0.39, 0.29) is 47.3 Å². The highest BCUT2D eigenvalue weighted by atomic mass is 16.6. The maximum atomic E-state index is 12.3. The van der Waals surface area contributed by atoms with Crippen molar-refractivity contribution in [2.45, 2.75) is 69.9 Å². The van der Waals surface area contributed by atoms with Crippen molar-refractivity contribution in [1.29, 1.82) is 0 Å². The molecule has 1 aromatic heterocycles. The molecule has 1 heterocycles. The summed E-state index contributed by atoms with van der Waals surface area (Å²) >= 11 is 0. The zero-order valence-electron chi connectivity index (χ0n) is 19.3. The van der Waals surface area contributed by atoms with Gasteiger partial charge in [0.05, 0.1) is 5.56 Å². The number of H-pyrrole nitrogens is 1. The third kappa shape index (κ3) is 5.67. The third-order valence-corrected chi connectivity index (χ3v) is 6.43. The molecular weight excluding hydrogens is 440 g/mol. The molecule has 10 heteroatoms. The fourth-order valence-corrected chi connectivity index (χ4v) is 4.11. The summed E-state index contributed by atoms with van der Waals surface area (Å²) in [5, 5.41) is 22.6. The number of phenols is 1. The highest BCUT2D eigenvalue weighted by molar-refractivity contribution is 5.91. The van der Waals surface area contributed by atoms with Crippen molar-refractivity contribution in [2.75, 3.05) is 11.9 Å². The van der Waals surface area contributed by atoms with E-state index >= 15 is 0 Å². The maximum absolute atomic E-state index is 12.3. The van der Waals surface area contributed by atoms with Gasteiger partial charge in [-0.3, -0.25) is 14.7 Å². The van der Waals surface area contributed by atoms with Crippen LogP contribution in [0.2, 0.25) is 0 Å². The van der Waals surface area contributed by atoms with Gasteiger partial charge in [-0.05, 0) is 63.1 Å². The fraction of sp³-hybridized carbons (Fsp3) is 0.500. The van der Waals surface area contributed by atoms with E-state index in [4.69, 9.17) is 9.47 Å². The van der Waals surface area contributed by atoms with Crippen LogP contribution in [0.1, 0.15) is 73.5 Å². The smallest absolute Gasteiger partial charge is 0.407 e. The summed E-state index contributed by atoms with van der Waals surface area (Å²) in [6, 6.07) is 4.89. The van der Waals surface area contributed by atoms with Crippen LogP contribution in [-0.2, 0) is 16.0 Å². The van der Waals surface area contributed by atoms with E-state index in [0.717, 1.165) is 36.9 Å². The van der Waals surface area contributed by atoms with E-state index in [0.29, 0.717) is 24.9 Å². The number of rotatable bonds is 9. The van der Waals surface area contributed by atoms with Crippen LogP contribution >= 0.6 is 0 Å². The Morgan fingerprint density at radius 3 is 2.79 bits per heavy atom. The van der Waals surface area contributed by atoms with Crippen molar-refractivity contribution in [1.82, 2.24) is 15.5 Å². The second-order valence-corrected chi connectivity index (χ2v) is 9.27. The van der Waals surface area contributed by atoms with Gasteiger partial charge in [0.15, 0.2) is 18.7 Å². The molecular formula is C24H30N4O6. The summed E-state index contributed by atoms with van der Waals surface area (Å²) in [7, 11) is 0. The first-order valence-corrected chi connectivity index (χ1v) is 11.6. The van der Waals surface area contributed by atoms with Crippen molar-refractivity contribution in [2.24, 2.45) is 0 Å². The Labute approximate surface area is 197 Å². The van der Waals surface area contributed by atoms with E-state index < -0.39 is 5.91 Å². The van der Waals surface area contributed by atoms with Gasteiger partial charge in [-0.1, -0.05) is 6.92 Å². The predicted molar refractivity (Wildman–Crippen MR) is 123 cm³/mol. The zero-order valence-corrected chi connectivity index (χ0v) is 19.3. The normalized spacial score (nSPS) is 20.4. The van der Waals surface area contributed by atoms with Crippen LogP contribution in [0.25, 0.3) is 0 Å². The number of anilines is 1. The van der Waals surface area contributed by atoms with E-state index in [1.165, 1.54) is 6.07 Å². The van der Waals surface area contributed by atoms with Crippen molar-refractivity contribution in [3.8, 4) is 11.5 Å². The SMILES string of the molecule is CCc1cc(O)c(C=O)c(OCC(=O)Nc2cc([C@H]3CC[C@@H](OC(=O)NC4(C)CC4)C3)[nH]n2)c1. The number of carbonyl (C=O) groups is 3. The number of nitrogens with one attached hydrogen (secondary N) is 3. The van der Waals surface area contributed by atoms with Gasteiger partial charge < -0.3 is 25.2 Å². The predicted octanol–water partition coefficient (Wildman–Crippen LogP) is 3.42. The Hall–Kier alpha value is -3.56. The molecule has 182 valence electrons. The molecule has 2 aromatic rings. The number of hydrogen-bond acceptors (Lipinski definition) is 7. The van der Waals surface area contributed by atoms with Crippen molar-refractivity contribution in [3.05, 3.63) is 35.0 Å². The summed E-state index contributed by atoms with van der Waals surface area (Å²) < 4.78 is 11.0. The number of aromatic amines is 1. The molecule has 2 saturated carbocycles. The van der Waals surface area contributed by atoms with Crippen LogP contribution in [-0.4, -0.2) is 51.8 Å². The van der Waals surface area contributed by atoms with Crippen molar-refractivity contribution in [3.63, 3.8) is 0 Å². The fourth-order valence-electron chi connectivity index (χ4n) is 4.11. The van der Waals surface area contributed by atoms with Gasteiger partial charge in [-0.15, -0.1) is 0 Å². The molecule has 1 aromatic carbocycles. The summed E-state index contributed by atoms with van der Waals surface area (Å²) in [4.78, 5) is 35.7. The highest BCUT2D eigenvalue weighted by Crippen LogP contribution is 2.37. The third-order valence-electron chi connectivity index (χ3n) is 6.43. The minimum absolute atomic E-state index is 0.00461. The molecule has 2 aliphatic rings. The monoisotopic (exact) mass is 470 g/mol. The number of phenolic OH excluding ortho intramolecular Hbond substituents is 1. The van der Waals surface area contributed by atoms with E-state index in [9.17, 15) is 19.5 Å². The number of benzene rings is 1. The van der Waals surface area contributed by atoms with Crippen LogP contribution in [0.5, 0.6) is 11.5 Å². The number of ether oxygens (including phenoxy) is 2. The van der Waals surface area contributed by atoms with Gasteiger partial charge in [0.1, 0.15) is 17.6 Å². The second kappa shape index (κ2) is 9.74. The number of carbonyl (C=O) groups excluding carboxylic acids is 3. The number of aldehydes is 1. The van der Waals surface area contributed by atoms with Crippen LogP contribution in [0.15, 0.2) is 18.2 Å². The van der Waals surface area contributed by atoms with Crippen LogP contribution in [0, 0.1) is 0 Å². The van der Waals surface area contributed by atoms with Gasteiger partial charge in [0.2, 0.25) is 0 Å². The van der Waals surface area contributed by atoms with Crippen LogP contribution in [0.3, 0.4) is 0 Å². The first-order chi connectivity index (χ1) is 16.3. The molecule has 0 saturated heterocycles. The van der Waals surface area contributed by atoms with E-state index in [1.54, 1.807) is 12.1 Å². The molecule has 4 rings (SSSR count). The van der Waals surface area contributed by atoms with Crippen molar-refractivity contribution < 1.29 is 29.0 Å². The van der Waals surface area contributed by atoms with Crippen molar-refractivity contribution >= 4 is 24.1 Å². The largest absolute Gasteiger partial charge is 0.507 e. The summed E-state index contributed by atoms with van der Waals surface area (Å²) in [6.07, 6.45) is 4.89. The maximum Gasteiger partial charge on any atom is 0.407 e. The molecule has 10 nitrogen and oxygen atoms in total. The first-order valence-electron chi connectivity index (χ1n) is 11.6. The molecule has 0 radical (unpaired) electrons. The Morgan fingerprint density at radius 2 is 2.09 bits per heavy atom. The van der Waals surface area contributed by atoms with Gasteiger partial charge in [0, 0.05) is 23.2 Å². The molecule has 2 atom stereocenters. The number of aromatic nitrogens is 2. The minimum atomic E-state index is -0.450. The quantitative estimate of drug-likeness (QED) is 0.411. The molecule has 2 amide bonds. The van der Waals surface area contributed by atoms with Gasteiger partial charge in [-0.25, -0.2) is 4.79 Å². The number of aryl methyl sites for hydroxylation is 1. The first kappa shape index (κ1) is 23.6. The summed E-state index contributed by atoms with van der Waals surface area (Å²) in [5.41, 5.74) is 1.54. The topological polar surface area (TPSA) is 143 Å². The zero-order chi connectivity index (χ0) is 24.3. The molecule has 2 fully saturated rings. The molecule has 34 heavy (non-hydrogen) atoms. The molecule has 2 aliphatic carbocycles. The average Bonchev–Trinajstić information content (AvgIpc) is 3.16. The summed E-state index contributed by atoms with van der Waals surface area (Å²) in [5.74, 6) is 0.0297. The van der Waals surface area contributed by atoms with E-state index in [1.807, 2.05) is 13.8 Å². The Morgan fingerprint density at radius 1 is 1.29 bits per heavy atom.